The Morgan fingerprint density at radius 1 is 0.946 bits per heavy atom. The Bertz CT molecular complexity index is 1360. The Balaban J connectivity index is 1.31. The summed E-state index contributed by atoms with van der Waals surface area (Å²) in [7, 11) is 0. The molecule has 0 atom stereocenters. The summed E-state index contributed by atoms with van der Waals surface area (Å²) < 4.78 is 13.1. The smallest absolute Gasteiger partial charge is 0.229 e. The summed E-state index contributed by atoms with van der Waals surface area (Å²) in [5.41, 5.74) is 4.78. The lowest BCUT2D eigenvalue weighted by Gasteiger charge is -2.28. The molecule has 0 amide bonds. The molecule has 0 radical (unpaired) electrons. The molecule has 6 rings (SSSR count). The van der Waals surface area contributed by atoms with Crippen LogP contribution in [0.4, 0.5) is 28.8 Å². The van der Waals surface area contributed by atoms with Crippen molar-refractivity contribution in [1.82, 2.24) is 19.7 Å². The largest absolute Gasteiger partial charge is 0.381 e. The number of benzene rings is 2. The fourth-order valence-electron chi connectivity index (χ4n) is 4.88. The molecule has 4 heterocycles. The Morgan fingerprint density at radius 3 is 2.46 bits per heavy atom. The second kappa shape index (κ2) is 10.5. The quantitative estimate of drug-likeness (QED) is 0.347. The van der Waals surface area contributed by atoms with E-state index in [-0.39, 0.29) is 6.04 Å². The molecule has 2 aromatic carbocycles. The summed E-state index contributed by atoms with van der Waals surface area (Å²) in [6, 6.07) is 14.4. The van der Waals surface area contributed by atoms with E-state index in [1.165, 1.54) is 5.69 Å². The highest BCUT2D eigenvalue weighted by molar-refractivity contribution is 6.33. The lowest BCUT2D eigenvalue weighted by atomic mass is 10.1. The lowest BCUT2D eigenvalue weighted by molar-refractivity contribution is 0.0674. The summed E-state index contributed by atoms with van der Waals surface area (Å²) in [6.45, 7) is 6.80. The number of aromatic nitrogens is 4. The highest BCUT2D eigenvalue weighted by Gasteiger charge is 2.23. The molecule has 10 heteroatoms. The first-order chi connectivity index (χ1) is 18.2. The van der Waals surface area contributed by atoms with Crippen LogP contribution in [0, 0.1) is 6.92 Å². The molecular weight excluding hydrogens is 490 g/mol. The number of ether oxygens (including phenoxy) is 2. The first-order valence-electron chi connectivity index (χ1n) is 12.7. The van der Waals surface area contributed by atoms with E-state index >= 15 is 0 Å². The monoisotopic (exact) mass is 519 g/mol. The third kappa shape index (κ3) is 5.07. The van der Waals surface area contributed by atoms with Crippen LogP contribution in [0.25, 0.3) is 11.0 Å². The van der Waals surface area contributed by atoms with Gasteiger partial charge >= 0.3 is 0 Å². The first kappa shape index (κ1) is 24.0. The molecule has 0 saturated carbocycles. The number of halogens is 1. The maximum Gasteiger partial charge on any atom is 0.229 e. The number of nitrogens with one attached hydrogen (secondary N) is 2. The molecule has 0 spiro atoms. The topological polar surface area (TPSA) is 89.4 Å². The van der Waals surface area contributed by atoms with E-state index < -0.39 is 0 Å². The number of rotatable bonds is 6. The van der Waals surface area contributed by atoms with Gasteiger partial charge in [-0.2, -0.15) is 10.1 Å². The van der Waals surface area contributed by atoms with Crippen LogP contribution in [-0.4, -0.2) is 59.3 Å². The van der Waals surface area contributed by atoms with Gasteiger partial charge in [-0.1, -0.05) is 23.7 Å². The van der Waals surface area contributed by atoms with Crippen molar-refractivity contribution < 1.29 is 9.47 Å². The van der Waals surface area contributed by atoms with Crippen LogP contribution in [0.5, 0.6) is 0 Å². The van der Waals surface area contributed by atoms with Gasteiger partial charge in [0.1, 0.15) is 0 Å². The highest BCUT2D eigenvalue weighted by atomic mass is 35.5. The zero-order chi connectivity index (χ0) is 25.2. The van der Waals surface area contributed by atoms with E-state index in [2.05, 4.69) is 44.8 Å². The van der Waals surface area contributed by atoms with E-state index in [9.17, 15) is 0 Å². The SMILES string of the molecule is Cc1cccc(Cl)c1Nc1nn(C2CCOCC2)c2nc(Nc3ccc(N4CCOCC4)cc3)ncc12. The molecule has 0 aliphatic carbocycles. The standard InChI is InChI=1S/C27H30ClN7O2/c1-18-3-2-4-23(28)24(18)31-25-22-17-29-27(32-26(22)35(33-25)21-9-13-36-14-10-21)30-19-5-7-20(8-6-19)34-11-15-37-16-12-34/h2-8,17,21H,9-16H2,1H3,(H,31,33)(H,29,30,32). The number of anilines is 5. The molecule has 2 aromatic heterocycles. The maximum absolute atomic E-state index is 6.50. The number of hydrogen-bond acceptors (Lipinski definition) is 8. The van der Waals surface area contributed by atoms with Gasteiger partial charge < -0.3 is 25.0 Å². The van der Waals surface area contributed by atoms with Crippen molar-refractivity contribution in [3.8, 4) is 0 Å². The zero-order valence-corrected chi connectivity index (χ0v) is 21.5. The lowest BCUT2D eigenvalue weighted by Crippen LogP contribution is -2.36. The zero-order valence-electron chi connectivity index (χ0n) is 20.8. The summed E-state index contributed by atoms with van der Waals surface area (Å²) in [6.07, 6.45) is 3.60. The average Bonchev–Trinajstić information content (AvgIpc) is 3.30. The van der Waals surface area contributed by atoms with Crippen LogP contribution < -0.4 is 15.5 Å². The third-order valence-electron chi connectivity index (χ3n) is 6.95. The third-order valence-corrected chi connectivity index (χ3v) is 7.27. The van der Waals surface area contributed by atoms with Crippen LogP contribution >= 0.6 is 11.6 Å². The van der Waals surface area contributed by atoms with Gasteiger partial charge in [-0.25, -0.2) is 9.67 Å². The summed E-state index contributed by atoms with van der Waals surface area (Å²) in [5, 5.41) is 13.2. The molecule has 9 nitrogen and oxygen atoms in total. The summed E-state index contributed by atoms with van der Waals surface area (Å²) >= 11 is 6.50. The van der Waals surface area contributed by atoms with Gasteiger partial charge in [-0.3, -0.25) is 0 Å². The fraction of sp³-hybridized carbons (Fsp3) is 0.370. The van der Waals surface area contributed by atoms with E-state index in [4.69, 9.17) is 31.2 Å². The Labute approximate surface area is 220 Å². The summed E-state index contributed by atoms with van der Waals surface area (Å²) in [4.78, 5) is 11.9. The van der Waals surface area contributed by atoms with Gasteiger partial charge in [0.15, 0.2) is 11.5 Å². The number of morpholine rings is 1. The van der Waals surface area contributed by atoms with Crippen molar-refractivity contribution >= 4 is 51.5 Å². The van der Waals surface area contributed by atoms with Crippen molar-refractivity contribution in [2.75, 3.05) is 55.1 Å². The van der Waals surface area contributed by atoms with Crippen LogP contribution in [0.3, 0.4) is 0 Å². The number of fused-ring (bicyclic) bond motifs is 1. The van der Waals surface area contributed by atoms with Gasteiger partial charge in [0.2, 0.25) is 5.95 Å². The van der Waals surface area contributed by atoms with E-state index in [0.29, 0.717) is 30.0 Å². The van der Waals surface area contributed by atoms with E-state index in [1.807, 2.05) is 36.0 Å². The number of para-hydroxylation sites is 1. The van der Waals surface area contributed by atoms with Crippen LogP contribution in [-0.2, 0) is 9.47 Å². The van der Waals surface area contributed by atoms with Crippen LogP contribution in [0.2, 0.25) is 5.02 Å². The molecule has 2 saturated heterocycles. The predicted octanol–water partition coefficient (Wildman–Crippen LogP) is 5.46. The Morgan fingerprint density at radius 2 is 1.70 bits per heavy atom. The van der Waals surface area contributed by atoms with Crippen molar-refractivity contribution in [2.45, 2.75) is 25.8 Å². The van der Waals surface area contributed by atoms with Crippen molar-refractivity contribution in [3.05, 3.63) is 59.2 Å². The number of nitrogens with zero attached hydrogens (tertiary/aromatic N) is 5. The Kier molecular flexibility index (Phi) is 6.82. The van der Waals surface area contributed by atoms with E-state index in [0.717, 1.165) is 67.1 Å². The van der Waals surface area contributed by atoms with Crippen molar-refractivity contribution in [1.29, 1.82) is 0 Å². The highest BCUT2D eigenvalue weighted by Crippen LogP contribution is 2.34. The number of hydrogen-bond donors (Lipinski definition) is 2. The first-order valence-corrected chi connectivity index (χ1v) is 13.1. The predicted molar refractivity (Wildman–Crippen MR) is 147 cm³/mol. The van der Waals surface area contributed by atoms with E-state index in [1.54, 1.807) is 0 Å². The molecule has 4 aromatic rings. The van der Waals surface area contributed by atoms with Gasteiger partial charge in [0.05, 0.1) is 35.4 Å². The van der Waals surface area contributed by atoms with Gasteiger partial charge in [0, 0.05) is 43.9 Å². The fourth-order valence-corrected chi connectivity index (χ4v) is 5.14. The Hall–Kier alpha value is -3.40. The molecular formula is C27H30ClN7O2. The second-order valence-corrected chi connectivity index (χ2v) is 9.80. The summed E-state index contributed by atoms with van der Waals surface area (Å²) in [5.74, 6) is 1.22. The van der Waals surface area contributed by atoms with Crippen LogP contribution in [0.15, 0.2) is 48.7 Å². The second-order valence-electron chi connectivity index (χ2n) is 9.40. The molecule has 0 bridgehead atoms. The minimum atomic E-state index is 0.203. The molecule has 2 N–H and O–H groups in total. The average molecular weight is 520 g/mol. The normalized spacial score (nSPS) is 16.8. The molecule has 2 aliphatic rings. The molecule has 37 heavy (non-hydrogen) atoms. The maximum atomic E-state index is 6.50. The number of aryl methyl sites for hydroxylation is 1. The molecule has 0 unspecified atom stereocenters. The van der Waals surface area contributed by atoms with Crippen molar-refractivity contribution in [3.63, 3.8) is 0 Å². The molecule has 2 aliphatic heterocycles. The van der Waals surface area contributed by atoms with Gasteiger partial charge in [-0.15, -0.1) is 0 Å². The minimum Gasteiger partial charge on any atom is -0.381 e. The van der Waals surface area contributed by atoms with Crippen LogP contribution in [0.1, 0.15) is 24.4 Å². The molecule has 2 fully saturated rings. The van der Waals surface area contributed by atoms with Gasteiger partial charge in [0.25, 0.3) is 0 Å². The van der Waals surface area contributed by atoms with Crippen molar-refractivity contribution in [2.24, 2.45) is 0 Å². The minimum absolute atomic E-state index is 0.203. The van der Waals surface area contributed by atoms with Gasteiger partial charge in [-0.05, 0) is 55.7 Å². The molecule has 192 valence electrons.